The van der Waals surface area contributed by atoms with E-state index in [1.165, 1.54) is 0 Å². The Labute approximate surface area is 176 Å². The minimum Gasteiger partial charge on any atom is -0.303 e. The Balaban J connectivity index is 2.61. The highest BCUT2D eigenvalue weighted by Gasteiger charge is 2.35. The molecule has 0 aliphatic rings. The van der Waals surface area contributed by atoms with Crippen molar-refractivity contribution in [1.82, 2.24) is 13.6 Å². The molecule has 0 amide bonds. The van der Waals surface area contributed by atoms with Crippen LogP contribution < -0.4 is 11.2 Å². The molecule has 1 aromatic heterocycles. The van der Waals surface area contributed by atoms with Crippen LogP contribution in [0.3, 0.4) is 0 Å². The van der Waals surface area contributed by atoms with Gasteiger partial charge in [0, 0.05) is 31.6 Å². The molecule has 30 heavy (non-hydrogen) atoms. The van der Waals surface area contributed by atoms with E-state index in [1.54, 1.807) is 13.8 Å². The fraction of sp³-hybridized carbons (Fsp3) is 0.353. The van der Waals surface area contributed by atoms with Gasteiger partial charge in [-0.3, -0.25) is 14.2 Å². The number of hydrogen-bond donors (Lipinski definition) is 1. The second kappa shape index (κ2) is 8.92. The van der Waals surface area contributed by atoms with Gasteiger partial charge in [0.05, 0.1) is 16.3 Å². The van der Waals surface area contributed by atoms with Gasteiger partial charge >= 0.3 is 11.9 Å². The average Bonchev–Trinajstić information content (AvgIpc) is 2.57. The van der Waals surface area contributed by atoms with Crippen molar-refractivity contribution in [1.29, 1.82) is 0 Å². The highest BCUT2D eigenvalue weighted by molar-refractivity contribution is 8.12. The summed E-state index contributed by atoms with van der Waals surface area (Å²) in [4.78, 5) is 37.0. The predicted octanol–water partition coefficient (Wildman–Crippen LogP) is 3.48. The Hall–Kier alpha value is -2.15. The van der Waals surface area contributed by atoms with E-state index in [2.05, 4.69) is 0 Å². The summed E-state index contributed by atoms with van der Waals surface area (Å²) in [5.74, 6) is -1.20. The third-order valence-electron chi connectivity index (χ3n) is 3.82. The van der Waals surface area contributed by atoms with Crippen molar-refractivity contribution in [2.75, 3.05) is 6.54 Å². The van der Waals surface area contributed by atoms with Crippen LogP contribution in [0, 0.1) is 11.7 Å². The minimum atomic E-state index is -4.98. The molecule has 0 unspecified atom stereocenters. The number of rotatable bonds is 5. The molecule has 2 aromatic rings. The van der Waals surface area contributed by atoms with E-state index < -0.39 is 39.7 Å². The standard InChI is InChI=1S/C17H16ClF4N3O4S/c1-8(2)7-24(29)30-15(27)9-4-12(11(19)5-10(9)18)25-14(26)6-13(17(20,21)22)23(3)16(25)28/h4-6,8,29H,7H2,1-3H3. The lowest BCUT2D eigenvalue weighted by Crippen LogP contribution is -2.41. The molecule has 0 bridgehead atoms. The fourth-order valence-electron chi connectivity index (χ4n) is 2.48. The Morgan fingerprint density at radius 2 is 1.87 bits per heavy atom. The lowest BCUT2D eigenvalue weighted by molar-refractivity contribution is -0.144. The molecule has 1 heterocycles. The number of halogens is 5. The maximum absolute atomic E-state index is 14.4. The molecule has 1 aromatic carbocycles. The molecule has 13 heteroatoms. The SMILES string of the molecule is CC(C)CN(O)SC(=O)c1cc(-n2c(=O)cc(C(F)(F)F)n(C)c2=O)c(F)cc1Cl. The summed E-state index contributed by atoms with van der Waals surface area (Å²) in [6.07, 6.45) is -4.98. The first kappa shape index (κ1) is 24.1. The molecule has 0 aliphatic carbocycles. The average molecular weight is 470 g/mol. The Bertz CT molecular complexity index is 1100. The van der Waals surface area contributed by atoms with Gasteiger partial charge in [-0.2, -0.15) is 13.2 Å². The minimum absolute atomic E-state index is 0.00305. The van der Waals surface area contributed by atoms with E-state index in [0.29, 0.717) is 22.5 Å². The predicted molar refractivity (Wildman–Crippen MR) is 103 cm³/mol. The molecule has 0 spiro atoms. The van der Waals surface area contributed by atoms with E-state index in [4.69, 9.17) is 11.6 Å². The third kappa shape index (κ3) is 5.12. The van der Waals surface area contributed by atoms with Gasteiger partial charge in [-0.25, -0.2) is 13.8 Å². The third-order valence-corrected chi connectivity index (χ3v) is 4.88. The summed E-state index contributed by atoms with van der Waals surface area (Å²) in [6.45, 7) is 3.68. The molecule has 0 saturated heterocycles. The molecular formula is C17H16ClF4N3O4S. The van der Waals surface area contributed by atoms with Gasteiger partial charge in [0.25, 0.3) is 5.56 Å². The molecule has 0 aliphatic heterocycles. The number of hydroxylamine groups is 1. The van der Waals surface area contributed by atoms with Gasteiger partial charge in [0.2, 0.25) is 5.12 Å². The van der Waals surface area contributed by atoms with E-state index in [0.717, 1.165) is 13.1 Å². The normalized spacial score (nSPS) is 12.1. The fourth-order valence-corrected chi connectivity index (χ4v) is 3.60. The zero-order valence-electron chi connectivity index (χ0n) is 15.8. The zero-order valence-corrected chi connectivity index (χ0v) is 17.4. The van der Waals surface area contributed by atoms with Crippen LogP contribution in [0.15, 0.2) is 27.8 Å². The summed E-state index contributed by atoms with van der Waals surface area (Å²) >= 11 is 6.22. The molecular weight excluding hydrogens is 454 g/mol. The van der Waals surface area contributed by atoms with E-state index >= 15 is 0 Å². The van der Waals surface area contributed by atoms with Crippen LogP contribution in [0.25, 0.3) is 5.69 Å². The number of carbonyl (C=O) groups is 1. The van der Waals surface area contributed by atoms with Crippen LogP contribution in [0.5, 0.6) is 0 Å². The second-order valence-corrected chi connectivity index (χ2v) is 8.02. The van der Waals surface area contributed by atoms with Gasteiger partial charge in [0.1, 0.15) is 11.5 Å². The van der Waals surface area contributed by atoms with E-state index in [9.17, 15) is 37.2 Å². The largest absolute Gasteiger partial charge is 0.431 e. The maximum atomic E-state index is 14.4. The lowest BCUT2D eigenvalue weighted by atomic mass is 10.2. The molecule has 0 fully saturated rings. The molecule has 164 valence electrons. The first-order chi connectivity index (χ1) is 13.7. The summed E-state index contributed by atoms with van der Waals surface area (Å²) in [7, 11) is 0.770. The van der Waals surface area contributed by atoms with Gasteiger partial charge in [-0.1, -0.05) is 25.4 Å². The Kier molecular flexibility index (Phi) is 7.17. The van der Waals surface area contributed by atoms with Crippen LogP contribution in [0.4, 0.5) is 17.6 Å². The van der Waals surface area contributed by atoms with Gasteiger partial charge in [-0.15, -0.1) is 4.47 Å². The Morgan fingerprint density at radius 3 is 2.40 bits per heavy atom. The van der Waals surface area contributed by atoms with Crippen molar-refractivity contribution in [3.63, 3.8) is 0 Å². The first-order valence-corrected chi connectivity index (χ1v) is 9.47. The number of carbonyl (C=O) groups excluding carboxylic acids is 1. The molecule has 2 rings (SSSR count). The van der Waals surface area contributed by atoms with Crippen molar-refractivity contribution in [2.24, 2.45) is 13.0 Å². The molecule has 0 atom stereocenters. The van der Waals surface area contributed by atoms with Crippen molar-refractivity contribution in [3.05, 3.63) is 61.1 Å². The van der Waals surface area contributed by atoms with Crippen molar-refractivity contribution < 1.29 is 27.6 Å². The van der Waals surface area contributed by atoms with Crippen LogP contribution >= 0.6 is 23.5 Å². The van der Waals surface area contributed by atoms with E-state index in [1.807, 2.05) is 0 Å². The molecule has 0 saturated carbocycles. The quantitative estimate of drug-likeness (QED) is 0.410. The smallest absolute Gasteiger partial charge is 0.303 e. The number of aromatic nitrogens is 2. The van der Waals surface area contributed by atoms with Crippen molar-refractivity contribution in [3.8, 4) is 5.69 Å². The molecule has 7 nitrogen and oxygen atoms in total. The summed E-state index contributed by atoms with van der Waals surface area (Å²) in [5.41, 5.74) is -5.53. The van der Waals surface area contributed by atoms with Crippen molar-refractivity contribution >= 4 is 28.7 Å². The first-order valence-electron chi connectivity index (χ1n) is 8.32. The maximum Gasteiger partial charge on any atom is 0.431 e. The number of alkyl halides is 3. The lowest BCUT2D eigenvalue weighted by Gasteiger charge is -2.16. The van der Waals surface area contributed by atoms with Gasteiger partial charge in [-0.05, 0) is 18.1 Å². The van der Waals surface area contributed by atoms with E-state index in [-0.39, 0.29) is 38.2 Å². The second-order valence-electron chi connectivity index (χ2n) is 6.63. The van der Waals surface area contributed by atoms with Crippen LogP contribution in [-0.2, 0) is 13.2 Å². The molecule has 1 N–H and O–H groups in total. The molecule has 0 radical (unpaired) electrons. The monoisotopic (exact) mass is 469 g/mol. The summed E-state index contributed by atoms with van der Waals surface area (Å²) in [5, 5.41) is 8.55. The van der Waals surface area contributed by atoms with Crippen LogP contribution in [0.2, 0.25) is 5.02 Å². The summed E-state index contributed by atoms with van der Waals surface area (Å²) in [6, 6.07) is 1.56. The zero-order chi connectivity index (χ0) is 23.0. The van der Waals surface area contributed by atoms with Crippen molar-refractivity contribution in [2.45, 2.75) is 20.0 Å². The highest BCUT2D eigenvalue weighted by Crippen LogP contribution is 2.29. The Morgan fingerprint density at radius 1 is 1.27 bits per heavy atom. The van der Waals surface area contributed by atoms with Crippen LogP contribution in [-0.4, -0.2) is 30.5 Å². The van der Waals surface area contributed by atoms with Gasteiger partial charge < -0.3 is 5.21 Å². The topological polar surface area (TPSA) is 84.5 Å². The van der Waals surface area contributed by atoms with Gasteiger partial charge in [0.15, 0.2) is 0 Å². The van der Waals surface area contributed by atoms with Crippen LogP contribution in [0.1, 0.15) is 29.9 Å². The highest BCUT2D eigenvalue weighted by atomic mass is 35.5. The summed E-state index contributed by atoms with van der Waals surface area (Å²) < 4.78 is 54.3. The number of nitrogens with zero attached hydrogens (tertiary/aromatic N) is 3. The number of hydrogen-bond acceptors (Lipinski definition) is 6. The number of benzene rings is 1.